The number of nitrogens with zero attached hydrogens (tertiary/aromatic N) is 2. The van der Waals surface area contributed by atoms with Gasteiger partial charge in [0.1, 0.15) is 5.82 Å². The second-order valence-corrected chi connectivity index (χ2v) is 7.34. The molecular weight excluding hydrogens is 329 g/mol. The second kappa shape index (κ2) is 6.98. The number of carbonyl (C=O) groups is 1. The van der Waals surface area contributed by atoms with Crippen molar-refractivity contribution in [3.8, 4) is 0 Å². The van der Waals surface area contributed by atoms with Gasteiger partial charge in [-0.05, 0) is 62.1 Å². The molecule has 2 unspecified atom stereocenters. The van der Waals surface area contributed by atoms with Crippen molar-refractivity contribution in [1.82, 2.24) is 9.97 Å². The Balaban J connectivity index is 1.49. The third kappa shape index (κ3) is 3.26. The molecule has 2 aliphatic carbocycles. The summed E-state index contributed by atoms with van der Waals surface area (Å²) in [7, 11) is 0. The van der Waals surface area contributed by atoms with Crippen LogP contribution in [-0.4, -0.2) is 15.9 Å². The number of anilines is 1. The molecule has 5 heteroatoms. The van der Waals surface area contributed by atoms with Crippen molar-refractivity contribution in [3.63, 3.8) is 0 Å². The van der Waals surface area contributed by atoms with E-state index >= 15 is 0 Å². The number of fused-ring (bicyclic) bond motifs is 1. The molecule has 1 heterocycles. The van der Waals surface area contributed by atoms with E-state index in [9.17, 15) is 9.18 Å². The number of hydrogen-bond donors (Lipinski definition) is 1. The number of benzene rings is 1. The molecule has 0 saturated heterocycles. The number of rotatable bonds is 3. The first-order valence-corrected chi connectivity index (χ1v) is 9.18. The largest absolute Gasteiger partial charge is 0.305 e. The Morgan fingerprint density at radius 2 is 1.88 bits per heavy atom. The summed E-state index contributed by atoms with van der Waals surface area (Å²) in [6.07, 6.45) is 9.50. The van der Waals surface area contributed by atoms with Crippen LogP contribution in [-0.2, 0) is 0 Å². The van der Waals surface area contributed by atoms with Crippen molar-refractivity contribution in [2.24, 2.45) is 11.8 Å². The average molecular weight is 351 g/mol. The van der Waals surface area contributed by atoms with E-state index in [1.807, 2.05) is 0 Å². The van der Waals surface area contributed by atoms with Gasteiger partial charge in [-0.3, -0.25) is 9.78 Å². The topological polar surface area (TPSA) is 54.9 Å². The molecule has 0 spiro atoms. The first-order chi connectivity index (χ1) is 12.6. The molecule has 4 rings (SSSR count). The van der Waals surface area contributed by atoms with Crippen molar-refractivity contribution in [3.05, 3.63) is 59.3 Å². The molecule has 1 amide bonds. The third-order valence-corrected chi connectivity index (χ3v) is 5.69. The molecule has 1 saturated carbocycles. The molecule has 1 N–H and O–H groups in total. The van der Waals surface area contributed by atoms with Crippen LogP contribution in [0.2, 0.25) is 0 Å². The third-order valence-electron chi connectivity index (χ3n) is 5.69. The summed E-state index contributed by atoms with van der Waals surface area (Å²) in [5.74, 6) is 0.868. The Bertz CT molecular complexity index is 860. The van der Waals surface area contributed by atoms with Gasteiger partial charge in [-0.1, -0.05) is 24.1 Å². The first-order valence-electron chi connectivity index (χ1n) is 9.18. The van der Waals surface area contributed by atoms with E-state index in [4.69, 9.17) is 0 Å². The summed E-state index contributed by atoms with van der Waals surface area (Å²) in [6, 6.07) is 5.89. The molecule has 4 nitrogen and oxygen atoms in total. The van der Waals surface area contributed by atoms with E-state index in [0.717, 1.165) is 30.4 Å². The lowest BCUT2D eigenvalue weighted by atomic mass is 9.77. The second-order valence-electron chi connectivity index (χ2n) is 7.34. The monoisotopic (exact) mass is 351 g/mol. The summed E-state index contributed by atoms with van der Waals surface area (Å²) in [5.41, 5.74) is 3.59. The van der Waals surface area contributed by atoms with E-state index in [-0.39, 0.29) is 5.56 Å². The van der Waals surface area contributed by atoms with Gasteiger partial charge in [0.2, 0.25) is 0 Å². The summed E-state index contributed by atoms with van der Waals surface area (Å²) >= 11 is 0. The quantitative estimate of drug-likeness (QED) is 0.860. The van der Waals surface area contributed by atoms with Gasteiger partial charge in [-0.15, -0.1) is 0 Å². The summed E-state index contributed by atoms with van der Waals surface area (Å²) < 4.78 is 13.7. The molecule has 1 aromatic heterocycles. The zero-order valence-electron chi connectivity index (χ0n) is 14.8. The lowest BCUT2D eigenvalue weighted by Crippen LogP contribution is -2.17. The Hall–Kier alpha value is -2.56. The molecule has 26 heavy (non-hydrogen) atoms. The van der Waals surface area contributed by atoms with Crippen LogP contribution in [0.4, 0.5) is 10.2 Å². The molecule has 2 aromatic rings. The lowest BCUT2D eigenvalue weighted by molar-refractivity contribution is 0.102. The highest BCUT2D eigenvalue weighted by Crippen LogP contribution is 2.46. The van der Waals surface area contributed by atoms with E-state index < -0.39 is 11.7 Å². The molecular formula is C21H22FN3O. The van der Waals surface area contributed by atoms with Gasteiger partial charge in [0.15, 0.2) is 5.82 Å². The average Bonchev–Trinajstić information content (AvgIpc) is 3.09. The number of amides is 1. The van der Waals surface area contributed by atoms with Crippen LogP contribution in [0.25, 0.3) is 5.57 Å². The molecule has 1 fully saturated rings. The minimum Gasteiger partial charge on any atom is -0.305 e. The Morgan fingerprint density at radius 3 is 2.62 bits per heavy atom. The van der Waals surface area contributed by atoms with Crippen LogP contribution in [0, 0.1) is 17.7 Å². The smallest absolute Gasteiger partial charge is 0.259 e. The molecule has 2 aliphatic rings. The first kappa shape index (κ1) is 16.9. The minimum absolute atomic E-state index is 0.00325. The van der Waals surface area contributed by atoms with Crippen LogP contribution in [0.3, 0.4) is 0 Å². The minimum atomic E-state index is -0.552. The number of hydrogen-bond acceptors (Lipinski definition) is 3. The highest BCUT2D eigenvalue weighted by atomic mass is 19.1. The van der Waals surface area contributed by atoms with Crippen molar-refractivity contribution in [1.29, 1.82) is 0 Å². The molecule has 2 atom stereocenters. The van der Waals surface area contributed by atoms with Crippen molar-refractivity contribution < 1.29 is 9.18 Å². The van der Waals surface area contributed by atoms with Gasteiger partial charge < -0.3 is 5.32 Å². The highest BCUT2D eigenvalue weighted by Gasteiger charge is 2.33. The Morgan fingerprint density at radius 1 is 1.12 bits per heavy atom. The fraction of sp³-hybridized carbons (Fsp3) is 0.381. The summed E-state index contributed by atoms with van der Waals surface area (Å²) in [4.78, 5) is 21.0. The molecule has 0 radical (unpaired) electrons. The normalized spacial score (nSPS) is 22.2. The maximum Gasteiger partial charge on any atom is 0.259 e. The van der Waals surface area contributed by atoms with Crippen molar-refractivity contribution >= 4 is 17.3 Å². The van der Waals surface area contributed by atoms with E-state index in [0.29, 0.717) is 5.82 Å². The fourth-order valence-electron chi connectivity index (χ4n) is 4.30. The number of aromatic nitrogens is 2. The maximum absolute atomic E-state index is 13.7. The van der Waals surface area contributed by atoms with Crippen molar-refractivity contribution in [2.75, 3.05) is 5.32 Å². The van der Waals surface area contributed by atoms with Gasteiger partial charge >= 0.3 is 0 Å². The van der Waals surface area contributed by atoms with Crippen LogP contribution < -0.4 is 5.32 Å². The van der Waals surface area contributed by atoms with Gasteiger partial charge in [0.05, 0.1) is 23.7 Å². The zero-order valence-corrected chi connectivity index (χ0v) is 14.8. The molecule has 0 aliphatic heterocycles. The predicted octanol–water partition coefficient (Wildman–Crippen LogP) is 4.85. The number of allylic oxidation sites excluding steroid dienone is 2. The maximum atomic E-state index is 13.7. The van der Waals surface area contributed by atoms with E-state index in [1.54, 1.807) is 24.5 Å². The van der Waals surface area contributed by atoms with Gasteiger partial charge in [-0.2, -0.15) is 0 Å². The van der Waals surface area contributed by atoms with Gasteiger partial charge in [0.25, 0.3) is 5.91 Å². The molecule has 134 valence electrons. The van der Waals surface area contributed by atoms with Crippen molar-refractivity contribution in [2.45, 2.75) is 39.0 Å². The molecule has 1 aromatic carbocycles. The predicted molar refractivity (Wildman–Crippen MR) is 99.0 cm³/mol. The SMILES string of the molecule is CC1=C(c2cnc(NC(=O)c3ccccc3F)cn2)CC2CCCC2C1. The Kier molecular flexibility index (Phi) is 4.53. The van der Waals surface area contributed by atoms with E-state index in [1.165, 1.54) is 42.5 Å². The fourth-order valence-corrected chi connectivity index (χ4v) is 4.30. The standard InChI is InChI=1S/C21H22FN3O/c1-13-9-14-5-4-6-15(14)10-17(13)19-11-24-20(12-23-19)25-21(26)16-7-2-3-8-18(16)22/h2-3,7-8,11-12,14-15H,4-6,9-10H2,1H3,(H,24,25,26). The number of carbonyl (C=O) groups excluding carboxylic acids is 1. The number of nitrogens with one attached hydrogen (secondary N) is 1. The van der Waals surface area contributed by atoms with Crippen LogP contribution in [0.1, 0.15) is 55.1 Å². The zero-order chi connectivity index (χ0) is 18.1. The van der Waals surface area contributed by atoms with Crippen LogP contribution in [0.15, 0.2) is 42.2 Å². The van der Waals surface area contributed by atoms with Gasteiger partial charge in [0, 0.05) is 0 Å². The summed E-state index contributed by atoms with van der Waals surface area (Å²) in [5, 5.41) is 2.61. The number of halogens is 1. The van der Waals surface area contributed by atoms with Crippen LogP contribution >= 0.6 is 0 Å². The van der Waals surface area contributed by atoms with E-state index in [2.05, 4.69) is 22.2 Å². The summed E-state index contributed by atoms with van der Waals surface area (Å²) in [6.45, 7) is 2.19. The Labute approximate surface area is 152 Å². The van der Waals surface area contributed by atoms with Gasteiger partial charge in [-0.25, -0.2) is 9.37 Å². The highest BCUT2D eigenvalue weighted by molar-refractivity contribution is 6.03. The lowest BCUT2D eigenvalue weighted by Gasteiger charge is -2.28. The van der Waals surface area contributed by atoms with Crippen LogP contribution in [0.5, 0.6) is 0 Å². The molecule has 0 bridgehead atoms.